The Bertz CT molecular complexity index is 735. The van der Waals surface area contributed by atoms with Crippen molar-refractivity contribution in [1.29, 1.82) is 0 Å². The highest BCUT2D eigenvalue weighted by Crippen LogP contribution is 2.13. The van der Waals surface area contributed by atoms with E-state index in [-0.39, 0.29) is 5.91 Å². The second kappa shape index (κ2) is 9.75. The lowest BCUT2D eigenvalue weighted by atomic mass is 10.1. The van der Waals surface area contributed by atoms with Crippen LogP contribution in [0.25, 0.3) is 0 Å². The molecule has 2 heterocycles. The van der Waals surface area contributed by atoms with Crippen LogP contribution in [-0.2, 0) is 11.2 Å². The summed E-state index contributed by atoms with van der Waals surface area (Å²) in [6.45, 7) is 3.23. The van der Waals surface area contributed by atoms with Gasteiger partial charge in [0.1, 0.15) is 11.6 Å². The van der Waals surface area contributed by atoms with Crippen LogP contribution in [0.3, 0.4) is 0 Å². The molecule has 1 saturated heterocycles. The molecule has 1 fully saturated rings. The Morgan fingerprint density at radius 2 is 2.00 bits per heavy atom. The first-order chi connectivity index (χ1) is 13.2. The Morgan fingerprint density at radius 3 is 2.74 bits per heavy atom. The van der Waals surface area contributed by atoms with Crippen molar-refractivity contribution in [3.05, 3.63) is 42.1 Å². The molecule has 3 rings (SSSR count). The minimum absolute atomic E-state index is 0.273. The van der Waals surface area contributed by atoms with Gasteiger partial charge in [0, 0.05) is 38.8 Å². The molecule has 0 saturated carbocycles. The average Bonchev–Trinajstić information content (AvgIpc) is 3.11. The highest BCUT2D eigenvalue weighted by atomic mass is 16.5. The lowest BCUT2D eigenvalue weighted by molar-refractivity contribution is -0.127. The van der Waals surface area contributed by atoms with Gasteiger partial charge in [-0.05, 0) is 43.0 Å². The van der Waals surface area contributed by atoms with Gasteiger partial charge in [0.2, 0.25) is 11.9 Å². The maximum Gasteiger partial charge on any atom is 0.224 e. The Morgan fingerprint density at radius 1 is 1.15 bits per heavy atom. The number of rotatable bonds is 10. The molecule has 0 bridgehead atoms. The number of hydrogen-bond acceptors (Lipinski definition) is 6. The molecule has 1 aliphatic rings. The average molecular weight is 369 g/mol. The number of ether oxygens (including phenoxy) is 1. The van der Waals surface area contributed by atoms with E-state index < -0.39 is 0 Å². The molecule has 2 N–H and O–H groups in total. The number of benzene rings is 1. The monoisotopic (exact) mass is 369 g/mol. The summed E-state index contributed by atoms with van der Waals surface area (Å²) in [5.41, 5.74) is 1.24. The molecule has 0 aliphatic carbocycles. The molecule has 1 aliphatic heterocycles. The summed E-state index contributed by atoms with van der Waals surface area (Å²) in [5, 5.41) is 6.56. The Kier molecular flexibility index (Phi) is 6.84. The second-order valence-electron chi connectivity index (χ2n) is 6.56. The number of nitrogens with zero attached hydrogens (tertiary/aromatic N) is 3. The van der Waals surface area contributed by atoms with Crippen molar-refractivity contribution in [2.75, 3.05) is 43.9 Å². The molecule has 0 radical (unpaired) electrons. The highest BCUT2D eigenvalue weighted by molar-refractivity contribution is 5.78. The highest BCUT2D eigenvalue weighted by Gasteiger charge is 2.18. The van der Waals surface area contributed by atoms with Crippen molar-refractivity contribution in [2.24, 2.45) is 0 Å². The summed E-state index contributed by atoms with van der Waals surface area (Å²) in [7, 11) is 1.67. The number of methoxy groups -OCH3 is 1. The normalized spacial score (nSPS) is 13.7. The minimum Gasteiger partial charge on any atom is -0.497 e. The molecular weight excluding hydrogens is 342 g/mol. The van der Waals surface area contributed by atoms with Crippen molar-refractivity contribution < 1.29 is 9.53 Å². The maximum atomic E-state index is 11.6. The van der Waals surface area contributed by atoms with Crippen molar-refractivity contribution in [2.45, 2.75) is 25.7 Å². The van der Waals surface area contributed by atoms with Gasteiger partial charge in [0.25, 0.3) is 0 Å². The standard InChI is InChI=1S/C20H27N5O2/c1-27-17-7-5-16(6-8-17)9-12-21-18-10-13-23-20(24-18)22-11-3-15-25-14-2-4-19(25)26/h5-8,10,13H,2-4,9,11-12,14-15H2,1H3,(H2,21,22,23,24). The van der Waals surface area contributed by atoms with Gasteiger partial charge in [-0.15, -0.1) is 0 Å². The Labute approximate surface area is 160 Å². The summed E-state index contributed by atoms with van der Waals surface area (Å²) in [6, 6.07) is 9.94. The first-order valence-corrected chi connectivity index (χ1v) is 9.46. The first-order valence-electron chi connectivity index (χ1n) is 9.46. The predicted molar refractivity (Wildman–Crippen MR) is 106 cm³/mol. The number of carbonyl (C=O) groups excluding carboxylic acids is 1. The van der Waals surface area contributed by atoms with E-state index in [1.54, 1.807) is 13.3 Å². The van der Waals surface area contributed by atoms with E-state index in [1.807, 2.05) is 23.1 Å². The molecule has 2 aromatic rings. The zero-order valence-corrected chi connectivity index (χ0v) is 15.8. The van der Waals surface area contributed by atoms with Crippen LogP contribution < -0.4 is 15.4 Å². The fourth-order valence-electron chi connectivity index (χ4n) is 3.08. The topological polar surface area (TPSA) is 79.4 Å². The van der Waals surface area contributed by atoms with Gasteiger partial charge in [-0.2, -0.15) is 4.98 Å². The lowest BCUT2D eigenvalue weighted by Gasteiger charge is -2.15. The van der Waals surface area contributed by atoms with Crippen LogP contribution in [0.4, 0.5) is 11.8 Å². The van der Waals surface area contributed by atoms with Crippen molar-refractivity contribution in [1.82, 2.24) is 14.9 Å². The van der Waals surface area contributed by atoms with Crippen LogP contribution in [-0.4, -0.2) is 54.1 Å². The van der Waals surface area contributed by atoms with Crippen LogP contribution in [0.2, 0.25) is 0 Å². The van der Waals surface area contributed by atoms with Crippen molar-refractivity contribution in [3.63, 3.8) is 0 Å². The van der Waals surface area contributed by atoms with E-state index in [0.29, 0.717) is 12.4 Å². The zero-order valence-electron chi connectivity index (χ0n) is 15.8. The maximum absolute atomic E-state index is 11.6. The van der Waals surface area contributed by atoms with E-state index in [9.17, 15) is 4.79 Å². The predicted octanol–water partition coefficient (Wildman–Crippen LogP) is 2.56. The van der Waals surface area contributed by atoms with Gasteiger partial charge in [0.15, 0.2) is 0 Å². The van der Waals surface area contributed by atoms with Gasteiger partial charge >= 0.3 is 0 Å². The van der Waals surface area contributed by atoms with Crippen LogP contribution in [0, 0.1) is 0 Å². The van der Waals surface area contributed by atoms with Crippen LogP contribution in [0.5, 0.6) is 5.75 Å². The van der Waals surface area contributed by atoms with E-state index >= 15 is 0 Å². The summed E-state index contributed by atoms with van der Waals surface area (Å²) < 4.78 is 5.17. The first kappa shape index (κ1) is 18.9. The molecule has 1 amide bonds. The third kappa shape index (κ3) is 5.84. The number of nitrogens with one attached hydrogen (secondary N) is 2. The summed E-state index contributed by atoms with van der Waals surface area (Å²) >= 11 is 0. The molecule has 0 atom stereocenters. The smallest absolute Gasteiger partial charge is 0.224 e. The summed E-state index contributed by atoms with van der Waals surface area (Å²) in [4.78, 5) is 22.2. The molecule has 1 aromatic carbocycles. The summed E-state index contributed by atoms with van der Waals surface area (Å²) in [5.74, 6) is 2.55. The summed E-state index contributed by atoms with van der Waals surface area (Å²) in [6.07, 6.45) is 5.22. The van der Waals surface area contributed by atoms with Crippen LogP contribution in [0.1, 0.15) is 24.8 Å². The van der Waals surface area contributed by atoms with Crippen LogP contribution in [0.15, 0.2) is 36.5 Å². The molecule has 27 heavy (non-hydrogen) atoms. The number of aromatic nitrogens is 2. The molecule has 1 aromatic heterocycles. The number of likely N-dealkylation sites (tertiary alicyclic amines) is 1. The number of hydrogen-bond donors (Lipinski definition) is 2. The number of anilines is 2. The molecule has 0 unspecified atom stereocenters. The van der Waals surface area contributed by atoms with Crippen molar-refractivity contribution in [3.8, 4) is 5.75 Å². The fraction of sp³-hybridized carbons (Fsp3) is 0.450. The third-order valence-electron chi connectivity index (χ3n) is 4.59. The molecule has 144 valence electrons. The van der Waals surface area contributed by atoms with E-state index in [1.165, 1.54) is 5.56 Å². The molecule has 7 heteroatoms. The van der Waals surface area contributed by atoms with Crippen molar-refractivity contribution >= 4 is 17.7 Å². The quantitative estimate of drug-likeness (QED) is 0.627. The number of amides is 1. The van der Waals surface area contributed by atoms with E-state index in [4.69, 9.17) is 4.74 Å². The van der Waals surface area contributed by atoms with Gasteiger partial charge in [-0.3, -0.25) is 4.79 Å². The van der Waals surface area contributed by atoms with E-state index in [2.05, 4.69) is 32.7 Å². The van der Waals surface area contributed by atoms with E-state index in [0.717, 1.165) is 57.0 Å². The third-order valence-corrected chi connectivity index (χ3v) is 4.59. The fourth-order valence-corrected chi connectivity index (χ4v) is 3.08. The zero-order chi connectivity index (χ0) is 18.9. The Hall–Kier alpha value is -2.83. The van der Waals surface area contributed by atoms with Crippen LogP contribution >= 0.6 is 0 Å². The van der Waals surface area contributed by atoms with Gasteiger partial charge < -0.3 is 20.3 Å². The molecular formula is C20H27N5O2. The second-order valence-corrected chi connectivity index (χ2v) is 6.56. The SMILES string of the molecule is COc1ccc(CCNc2ccnc(NCCCN3CCCC3=O)n2)cc1. The minimum atomic E-state index is 0.273. The van der Waals surface area contributed by atoms with Gasteiger partial charge in [-0.1, -0.05) is 12.1 Å². The largest absolute Gasteiger partial charge is 0.497 e. The molecule has 7 nitrogen and oxygen atoms in total. The number of carbonyl (C=O) groups is 1. The Balaban J connectivity index is 1.38. The lowest BCUT2D eigenvalue weighted by Crippen LogP contribution is -2.27. The molecule has 0 spiro atoms. The van der Waals surface area contributed by atoms with Gasteiger partial charge in [0.05, 0.1) is 7.11 Å². The van der Waals surface area contributed by atoms with Gasteiger partial charge in [-0.25, -0.2) is 4.98 Å².